The Bertz CT molecular complexity index is 128. The first-order valence-corrected chi connectivity index (χ1v) is 4.38. The van der Waals surface area contributed by atoms with Crippen LogP contribution in [0.15, 0.2) is 0 Å². The van der Waals surface area contributed by atoms with E-state index < -0.39 is 15.6 Å². The van der Waals surface area contributed by atoms with Gasteiger partial charge in [-0.25, -0.2) is 0 Å². The standard InChI is InChI=1S/2Fe.2H3O4P.2H2O/c;;2*1-5(2,3)4;;/h;;2*(H3,1,2,3,4);2*1H2/q2*+3;;;;/p-6. The summed E-state index contributed by atoms with van der Waals surface area (Å²) in [6.45, 7) is 0. The molecule has 0 saturated carbocycles. The van der Waals surface area contributed by atoms with Crippen molar-refractivity contribution >= 4 is 15.6 Å². The number of hydrogen-bond donors (Lipinski definition) is 0. The molecule has 0 aromatic heterocycles. The Morgan fingerprint density at radius 2 is 0.571 bits per heavy atom. The van der Waals surface area contributed by atoms with E-state index in [0.29, 0.717) is 0 Å². The molecule has 0 aliphatic carbocycles. The van der Waals surface area contributed by atoms with E-state index in [-0.39, 0.29) is 45.1 Å². The zero-order valence-corrected chi connectivity index (χ0v) is 9.86. The Hall–Kier alpha value is 1.18. The van der Waals surface area contributed by atoms with Gasteiger partial charge >= 0.3 is 34.1 Å². The maximum absolute atomic E-state index is 8.55. The van der Waals surface area contributed by atoms with E-state index in [1.54, 1.807) is 0 Å². The van der Waals surface area contributed by atoms with Gasteiger partial charge < -0.3 is 49.4 Å². The predicted molar refractivity (Wildman–Crippen MR) is 22.4 cm³/mol. The molecule has 14 heavy (non-hydrogen) atoms. The molecule has 2 radical (unpaired) electrons. The van der Waals surface area contributed by atoms with Crippen molar-refractivity contribution in [3.63, 3.8) is 0 Å². The van der Waals surface area contributed by atoms with Crippen LogP contribution in [-0.4, -0.2) is 11.0 Å². The molecule has 0 heterocycles. The van der Waals surface area contributed by atoms with Gasteiger partial charge in [0.2, 0.25) is 0 Å². The quantitative estimate of drug-likeness (QED) is 0.303. The zero-order valence-electron chi connectivity index (χ0n) is 5.87. The van der Waals surface area contributed by atoms with Crippen molar-refractivity contribution in [2.24, 2.45) is 0 Å². The summed E-state index contributed by atoms with van der Waals surface area (Å²) in [5.74, 6) is 0. The van der Waals surface area contributed by atoms with Crippen molar-refractivity contribution in [1.82, 2.24) is 0 Å². The second-order valence-electron chi connectivity index (χ2n) is 0.894. The summed E-state index contributed by atoms with van der Waals surface area (Å²) in [6, 6.07) is 0. The van der Waals surface area contributed by atoms with Crippen LogP contribution < -0.4 is 29.4 Å². The molecule has 0 fully saturated rings. The fourth-order valence-electron chi connectivity index (χ4n) is 0. The van der Waals surface area contributed by atoms with Crippen LogP contribution in [0.5, 0.6) is 0 Å². The van der Waals surface area contributed by atoms with Crippen molar-refractivity contribution in [1.29, 1.82) is 0 Å². The fraction of sp³-hybridized carbons (Fsp3) is 0. The van der Waals surface area contributed by atoms with Gasteiger partial charge in [-0.3, -0.25) is 0 Å². The molecule has 14 heteroatoms. The second-order valence-corrected chi connectivity index (χ2v) is 2.68. The van der Waals surface area contributed by atoms with Crippen molar-refractivity contribution < 1.29 is 83.6 Å². The first kappa shape index (κ1) is 36.2. The van der Waals surface area contributed by atoms with Crippen LogP contribution >= 0.6 is 15.6 Å². The molecule has 0 aliphatic rings. The van der Waals surface area contributed by atoms with Crippen LogP contribution in [0, 0.1) is 0 Å². The van der Waals surface area contributed by atoms with Gasteiger partial charge in [-0.05, 0) is 0 Å². The maximum atomic E-state index is 8.55. The van der Waals surface area contributed by atoms with Crippen molar-refractivity contribution in [3.05, 3.63) is 0 Å². The first-order chi connectivity index (χ1) is 4.00. The Kier molecular flexibility index (Phi) is 36.7. The SMILES string of the molecule is O.O.O=P([O-])([O-])[O-].O=P([O-])([O-])[O-].[Fe+3].[Fe+3]. The summed E-state index contributed by atoms with van der Waals surface area (Å²) in [7, 11) is -10.8. The van der Waals surface area contributed by atoms with E-state index in [1.165, 1.54) is 0 Å². The molecule has 0 saturated heterocycles. The molecule has 10 nitrogen and oxygen atoms in total. The number of rotatable bonds is 0. The van der Waals surface area contributed by atoms with E-state index in [2.05, 4.69) is 0 Å². The molecule has 0 bridgehead atoms. The van der Waals surface area contributed by atoms with E-state index in [9.17, 15) is 0 Å². The molecule has 0 aliphatic heterocycles. The number of phosphoric acid groups is 2. The van der Waals surface area contributed by atoms with Crippen LogP contribution in [0.1, 0.15) is 0 Å². The summed E-state index contributed by atoms with van der Waals surface area (Å²) in [4.78, 5) is 51.3. The molecule has 0 atom stereocenters. The summed E-state index contributed by atoms with van der Waals surface area (Å²) >= 11 is 0. The van der Waals surface area contributed by atoms with Gasteiger partial charge in [0.15, 0.2) is 0 Å². The zero-order chi connectivity index (χ0) is 9.00. The molecular formula is H4Fe2O10P2. The van der Waals surface area contributed by atoms with Gasteiger partial charge in [0.05, 0.1) is 0 Å². The molecule has 0 aromatic carbocycles. The monoisotopic (exact) mass is 338 g/mol. The van der Waals surface area contributed by atoms with Gasteiger partial charge in [-0.1, -0.05) is 0 Å². The molecule has 90 valence electrons. The minimum absolute atomic E-state index is 0. The number of hydrogen-bond acceptors (Lipinski definition) is 8. The fourth-order valence-corrected chi connectivity index (χ4v) is 0. The molecule has 0 amide bonds. The molecule has 0 aromatic rings. The van der Waals surface area contributed by atoms with Gasteiger partial charge in [0.25, 0.3) is 0 Å². The van der Waals surface area contributed by atoms with E-state index >= 15 is 0 Å². The smallest absolute Gasteiger partial charge is 0.822 e. The van der Waals surface area contributed by atoms with Gasteiger partial charge in [-0.2, -0.15) is 15.6 Å². The van der Waals surface area contributed by atoms with Crippen molar-refractivity contribution in [2.75, 3.05) is 0 Å². The van der Waals surface area contributed by atoms with Crippen molar-refractivity contribution in [3.8, 4) is 0 Å². The van der Waals surface area contributed by atoms with Gasteiger partial charge in [0, 0.05) is 0 Å². The Morgan fingerprint density at radius 3 is 0.571 bits per heavy atom. The molecule has 0 unspecified atom stereocenters. The summed E-state index contributed by atoms with van der Waals surface area (Å²) in [5.41, 5.74) is 0. The van der Waals surface area contributed by atoms with E-state index in [4.69, 9.17) is 38.5 Å². The maximum Gasteiger partial charge on any atom is 3.00 e. The van der Waals surface area contributed by atoms with Gasteiger partial charge in [-0.15, -0.1) is 0 Å². The second kappa shape index (κ2) is 14.2. The van der Waals surface area contributed by atoms with E-state index in [1.807, 2.05) is 0 Å². The van der Waals surface area contributed by atoms with E-state index in [0.717, 1.165) is 0 Å². The first-order valence-electron chi connectivity index (χ1n) is 1.46. The van der Waals surface area contributed by atoms with Crippen LogP contribution in [-0.2, 0) is 43.3 Å². The summed E-state index contributed by atoms with van der Waals surface area (Å²) < 4.78 is 17.1. The average molecular weight is 338 g/mol. The normalized spacial score (nSPS) is 8.43. The Morgan fingerprint density at radius 1 is 0.571 bits per heavy atom. The van der Waals surface area contributed by atoms with Crippen molar-refractivity contribution in [2.45, 2.75) is 0 Å². The van der Waals surface area contributed by atoms with Crippen LogP contribution in [0.4, 0.5) is 0 Å². The third-order valence-electron chi connectivity index (χ3n) is 0. The molecule has 0 spiro atoms. The summed E-state index contributed by atoms with van der Waals surface area (Å²) in [5, 5.41) is 0. The van der Waals surface area contributed by atoms with Crippen LogP contribution in [0.3, 0.4) is 0 Å². The van der Waals surface area contributed by atoms with Crippen LogP contribution in [0.2, 0.25) is 0 Å². The molecule has 4 N–H and O–H groups in total. The topological polar surface area (TPSA) is 236 Å². The largest absolute Gasteiger partial charge is 3.00 e. The minimum atomic E-state index is -5.39. The molecular weight excluding hydrogens is 334 g/mol. The van der Waals surface area contributed by atoms with Crippen LogP contribution in [0.25, 0.3) is 0 Å². The van der Waals surface area contributed by atoms with Gasteiger partial charge in [0.1, 0.15) is 0 Å². The predicted octanol–water partition coefficient (Wildman–Crippen LogP) is -7.30. The third kappa shape index (κ3) is 1410. The molecule has 0 rings (SSSR count). The summed E-state index contributed by atoms with van der Waals surface area (Å²) in [6.07, 6.45) is 0. The third-order valence-corrected chi connectivity index (χ3v) is 0. The average Bonchev–Trinajstić information content (AvgIpc) is 1.12. The minimum Gasteiger partial charge on any atom is -0.822 e. The Labute approximate surface area is 99.4 Å². The Balaban J connectivity index is -0.0000000178.